The minimum atomic E-state index is -0.190. The van der Waals surface area contributed by atoms with Crippen molar-refractivity contribution >= 4 is 29.1 Å². The first-order chi connectivity index (χ1) is 16.1. The summed E-state index contributed by atoms with van der Waals surface area (Å²) in [6.45, 7) is 0. The number of carbonyl (C=O) groups excluding carboxylic acids is 2. The number of amides is 1. The van der Waals surface area contributed by atoms with Crippen molar-refractivity contribution in [3.05, 3.63) is 113 Å². The molecule has 2 aromatic heterocycles. The number of fused-ring (bicyclic) bond motifs is 1. The molecule has 1 N–H and O–H groups in total. The van der Waals surface area contributed by atoms with Crippen LogP contribution in [0.3, 0.4) is 0 Å². The highest BCUT2D eigenvalue weighted by atomic mass is 32.2. The highest BCUT2D eigenvalue weighted by Gasteiger charge is 2.28. The number of aromatic nitrogens is 2. The number of carbonyl (C=O) groups is 2. The molecule has 0 bridgehead atoms. The molecule has 0 saturated heterocycles. The van der Waals surface area contributed by atoms with Gasteiger partial charge in [-0.05, 0) is 48.5 Å². The Morgan fingerprint density at radius 1 is 1.06 bits per heavy atom. The topological polar surface area (TPSA) is 73.2 Å². The minimum Gasteiger partial charge on any atom is -0.497 e. The van der Waals surface area contributed by atoms with Crippen molar-refractivity contribution in [3.8, 4) is 5.75 Å². The summed E-state index contributed by atoms with van der Waals surface area (Å²) in [6.07, 6.45) is 5.56. The number of ether oxygens (including phenoxy) is 1. The molecular formula is C26H21N3O3S. The largest absolute Gasteiger partial charge is 0.497 e. The quantitative estimate of drug-likeness (QED) is 0.406. The molecule has 0 radical (unpaired) electrons. The molecule has 0 saturated carbocycles. The molecule has 1 unspecified atom stereocenters. The number of pyridine rings is 1. The minimum absolute atomic E-state index is 0.112. The van der Waals surface area contributed by atoms with Crippen LogP contribution in [0.25, 0.3) is 0 Å². The predicted molar refractivity (Wildman–Crippen MR) is 129 cm³/mol. The van der Waals surface area contributed by atoms with Crippen LogP contribution in [-0.4, -0.2) is 28.4 Å². The monoisotopic (exact) mass is 455 g/mol. The van der Waals surface area contributed by atoms with E-state index in [1.54, 1.807) is 73.6 Å². The maximum Gasteiger partial charge on any atom is 0.257 e. The second kappa shape index (κ2) is 8.96. The number of hydrogen-bond acceptors (Lipinski definition) is 5. The summed E-state index contributed by atoms with van der Waals surface area (Å²) in [5, 5.41) is 3.06. The molecule has 33 heavy (non-hydrogen) atoms. The molecule has 1 amide bonds. The molecule has 1 atom stereocenters. The molecule has 0 fully saturated rings. The summed E-state index contributed by atoms with van der Waals surface area (Å²) in [7, 11) is 1.58. The first-order valence-corrected chi connectivity index (χ1v) is 11.5. The van der Waals surface area contributed by atoms with Crippen LogP contribution in [0.15, 0.2) is 85.3 Å². The number of ketones is 1. The van der Waals surface area contributed by atoms with Gasteiger partial charge in [-0.15, -0.1) is 11.8 Å². The Morgan fingerprint density at radius 3 is 2.67 bits per heavy atom. The lowest BCUT2D eigenvalue weighted by atomic mass is 10.0. The third-order valence-corrected chi connectivity index (χ3v) is 6.86. The van der Waals surface area contributed by atoms with Gasteiger partial charge in [0.15, 0.2) is 5.78 Å². The van der Waals surface area contributed by atoms with Crippen LogP contribution in [0.4, 0.5) is 5.69 Å². The van der Waals surface area contributed by atoms with E-state index < -0.39 is 0 Å². The zero-order chi connectivity index (χ0) is 22.8. The van der Waals surface area contributed by atoms with Crippen LogP contribution in [0.1, 0.15) is 42.9 Å². The molecule has 7 heteroatoms. The van der Waals surface area contributed by atoms with Gasteiger partial charge < -0.3 is 14.6 Å². The lowest BCUT2D eigenvalue weighted by molar-refractivity contribution is 0.102. The number of benzene rings is 2. The van der Waals surface area contributed by atoms with E-state index in [0.29, 0.717) is 28.1 Å². The molecule has 1 aliphatic heterocycles. The van der Waals surface area contributed by atoms with E-state index >= 15 is 0 Å². The Kier molecular flexibility index (Phi) is 5.71. The Morgan fingerprint density at radius 2 is 1.91 bits per heavy atom. The lowest BCUT2D eigenvalue weighted by Crippen LogP contribution is -2.14. The molecule has 3 heterocycles. The average Bonchev–Trinajstić information content (AvgIpc) is 3.47. The fourth-order valence-corrected chi connectivity index (χ4v) is 5.23. The van der Waals surface area contributed by atoms with Crippen LogP contribution in [0.2, 0.25) is 0 Å². The number of nitrogens with zero attached hydrogens (tertiary/aromatic N) is 2. The highest BCUT2D eigenvalue weighted by molar-refractivity contribution is 7.99. The van der Waals surface area contributed by atoms with Gasteiger partial charge >= 0.3 is 0 Å². The van der Waals surface area contributed by atoms with Crippen LogP contribution in [0.5, 0.6) is 5.75 Å². The maximum atomic E-state index is 13.1. The van der Waals surface area contributed by atoms with E-state index in [2.05, 4.69) is 14.9 Å². The lowest BCUT2D eigenvalue weighted by Gasteiger charge is -2.12. The number of hydrogen-bond donors (Lipinski definition) is 1. The highest BCUT2D eigenvalue weighted by Crippen LogP contribution is 2.41. The van der Waals surface area contributed by atoms with Crippen molar-refractivity contribution in [2.45, 2.75) is 11.1 Å². The smallest absolute Gasteiger partial charge is 0.257 e. The van der Waals surface area contributed by atoms with Crippen molar-refractivity contribution in [2.24, 2.45) is 0 Å². The van der Waals surface area contributed by atoms with Crippen molar-refractivity contribution < 1.29 is 14.3 Å². The van der Waals surface area contributed by atoms with Crippen LogP contribution >= 0.6 is 11.8 Å². The average molecular weight is 456 g/mol. The number of anilines is 1. The Labute approximate surface area is 195 Å². The van der Waals surface area contributed by atoms with Crippen molar-refractivity contribution in [1.82, 2.24) is 9.55 Å². The summed E-state index contributed by atoms with van der Waals surface area (Å²) >= 11 is 1.76. The Hall–Kier alpha value is -3.84. The van der Waals surface area contributed by atoms with Gasteiger partial charge in [-0.25, -0.2) is 0 Å². The summed E-state index contributed by atoms with van der Waals surface area (Å²) in [6, 6.07) is 19.8. The second-order valence-electron chi connectivity index (χ2n) is 7.63. The Balaban J connectivity index is 1.34. The third kappa shape index (κ3) is 4.15. The molecular weight excluding hydrogens is 434 g/mol. The summed E-state index contributed by atoms with van der Waals surface area (Å²) < 4.78 is 7.28. The van der Waals surface area contributed by atoms with E-state index in [0.717, 1.165) is 17.0 Å². The van der Waals surface area contributed by atoms with E-state index in [-0.39, 0.29) is 17.1 Å². The van der Waals surface area contributed by atoms with Gasteiger partial charge in [0.2, 0.25) is 0 Å². The normalized spacial score (nSPS) is 14.5. The molecule has 4 aromatic rings. The number of thioether (sulfide) groups is 1. The van der Waals surface area contributed by atoms with E-state index in [4.69, 9.17) is 4.74 Å². The van der Waals surface area contributed by atoms with Gasteiger partial charge in [0.1, 0.15) is 11.1 Å². The zero-order valence-electron chi connectivity index (χ0n) is 17.9. The first kappa shape index (κ1) is 21.0. The molecule has 0 aliphatic carbocycles. The van der Waals surface area contributed by atoms with E-state index in [1.807, 2.05) is 30.6 Å². The van der Waals surface area contributed by atoms with Crippen molar-refractivity contribution in [3.63, 3.8) is 0 Å². The molecule has 0 spiro atoms. The van der Waals surface area contributed by atoms with Crippen molar-refractivity contribution in [2.75, 3.05) is 12.4 Å². The number of methoxy groups -OCH3 is 1. The standard InChI is InChI=1S/C26H21N3O3S/c1-32-21-9-7-17(8-10-21)24(30)18-4-2-6-20(14-18)28-25(31)22-11-13-29-23(22)16-33-26(29)19-5-3-12-27-15-19/h2-15,26H,16H2,1H3,(H,28,31). The maximum absolute atomic E-state index is 13.1. The SMILES string of the molecule is COc1ccc(C(=O)c2cccc(NC(=O)c3ccn4c3CSC4c3cccnc3)c2)cc1. The zero-order valence-corrected chi connectivity index (χ0v) is 18.7. The van der Waals surface area contributed by atoms with Gasteiger partial charge in [0.25, 0.3) is 5.91 Å². The molecule has 6 nitrogen and oxygen atoms in total. The fraction of sp³-hybridized carbons (Fsp3) is 0.115. The van der Waals surface area contributed by atoms with E-state index in [1.165, 1.54) is 0 Å². The van der Waals surface area contributed by atoms with Crippen LogP contribution in [-0.2, 0) is 5.75 Å². The second-order valence-corrected chi connectivity index (χ2v) is 8.69. The summed E-state index contributed by atoms with van der Waals surface area (Å²) in [5.74, 6) is 1.13. The van der Waals surface area contributed by atoms with Crippen LogP contribution < -0.4 is 10.1 Å². The molecule has 5 rings (SSSR count). The molecule has 1 aliphatic rings. The van der Waals surface area contributed by atoms with Crippen LogP contribution in [0, 0.1) is 0 Å². The molecule has 164 valence electrons. The molecule has 2 aromatic carbocycles. The summed E-state index contributed by atoms with van der Waals surface area (Å²) in [4.78, 5) is 30.1. The van der Waals surface area contributed by atoms with Gasteiger partial charge in [-0.1, -0.05) is 18.2 Å². The first-order valence-electron chi connectivity index (χ1n) is 10.5. The number of nitrogens with one attached hydrogen (secondary N) is 1. The fourth-order valence-electron chi connectivity index (χ4n) is 3.92. The van der Waals surface area contributed by atoms with Crippen molar-refractivity contribution in [1.29, 1.82) is 0 Å². The van der Waals surface area contributed by atoms with E-state index in [9.17, 15) is 9.59 Å². The third-order valence-electron chi connectivity index (χ3n) is 5.60. The van der Waals surface area contributed by atoms with Gasteiger partial charge in [-0.3, -0.25) is 14.6 Å². The van der Waals surface area contributed by atoms with Gasteiger partial charge in [0, 0.05) is 52.4 Å². The van der Waals surface area contributed by atoms with Gasteiger partial charge in [-0.2, -0.15) is 0 Å². The predicted octanol–water partition coefficient (Wildman–Crippen LogP) is 5.17. The summed E-state index contributed by atoms with van der Waals surface area (Å²) in [5.41, 5.74) is 4.37. The van der Waals surface area contributed by atoms with Gasteiger partial charge in [0.05, 0.1) is 12.7 Å². The number of rotatable bonds is 6. The Bertz CT molecular complexity index is 1320.